The molecule has 12 rings (SSSR count). The fourth-order valence-corrected chi connectivity index (χ4v) is 11.9. The summed E-state index contributed by atoms with van der Waals surface area (Å²) in [4.78, 5) is 0. The maximum atomic E-state index is 2.62. The van der Waals surface area contributed by atoms with E-state index in [1.807, 2.05) is 11.3 Å². The Hall–Kier alpha value is -6.02. The molecule has 9 aromatic rings. The third-order valence-corrected chi connectivity index (χ3v) is 14.3. The fraction of sp³-hybridized carbons (Fsp3) is 0.127. The van der Waals surface area contributed by atoms with Crippen LogP contribution in [0.25, 0.3) is 85.5 Å². The molecule has 3 aliphatic carbocycles. The lowest BCUT2D eigenvalue weighted by molar-refractivity contribution is 0.650. The van der Waals surface area contributed by atoms with Gasteiger partial charge in [-0.05, 0) is 131 Å². The highest BCUT2D eigenvalue weighted by molar-refractivity contribution is 7.25. The molecule has 0 spiro atoms. The zero-order chi connectivity index (χ0) is 37.1. The number of hydrogen-bond acceptors (Lipinski definition) is 1. The second-order valence-corrected chi connectivity index (χ2v) is 17.7. The van der Waals surface area contributed by atoms with Gasteiger partial charge in [0, 0.05) is 31.5 Å². The number of fused-ring (bicyclic) bond motifs is 11. The molecular formula is C55H40S. The lowest BCUT2D eigenvalue weighted by Gasteiger charge is -2.28. The van der Waals surface area contributed by atoms with Crippen LogP contribution in [0.5, 0.6) is 0 Å². The second-order valence-electron chi connectivity index (χ2n) is 16.6. The molecule has 1 atom stereocenters. The summed E-state index contributed by atoms with van der Waals surface area (Å²) >= 11 is 1.91. The first-order chi connectivity index (χ1) is 27.5. The first-order valence-electron chi connectivity index (χ1n) is 20.2. The van der Waals surface area contributed by atoms with Crippen molar-refractivity contribution < 1.29 is 0 Å². The van der Waals surface area contributed by atoms with Crippen molar-refractivity contribution in [3.63, 3.8) is 0 Å². The quantitative estimate of drug-likeness (QED) is 0.159. The summed E-state index contributed by atoms with van der Waals surface area (Å²) in [5, 5.41) is 13.4. The van der Waals surface area contributed by atoms with Crippen molar-refractivity contribution in [1.82, 2.24) is 0 Å². The summed E-state index contributed by atoms with van der Waals surface area (Å²) in [7, 11) is 0. The number of thiophene rings is 1. The molecule has 0 bridgehead atoms. The van der Waals surface area contributed by atoms with Crippen molar-refractivity contribution >= 4 is 85.7 Å². The van der Waals surface area contributed by atoms with Gasteiger partial charge in [-0.25, -0.2) is 0 Å². The SMILES string of the molecule is CC1(C)C2=CCC(C3=CCCC(c4c5ccccc5c(-c5cccc6ccccc56)c5ccccc45)=C3)C=C2c2ccc3cc4sc5ccccc5c4cc3c21. The summed E-state index contributed by atoms with van der Waals surface area (Å²) in [6.45, 7) is 4.90. The van der Waals surface area contributed by atoms with Gasteiger partial charge in [-0.2, -0.15) is 0 Å². The summed E-state index contributed by atoms with van der Waals surface area (Å²) in [6.07, 6.45) is 13.4. The van der Waals surface area contributed by atoms with Gasteiger partial charge in [-0.15, -0.1) is 11.3 Å². The first-order valence-corrected chi connectivity index (χ1v) is 21.0. The van der Waals surface area contributed by atoms with Crippen LogP contribution in [-0.2, 0) is 5.41 Å². The third-order valence-electron chi connectivity index (χ3n) is 13.2. The molecule has 1 aromatic heterocycles. The standard InChI is InChI=1S/C55H40S/c1-55(2)49-28-26-35(30-47(49)45-27-25-36-31-51-48(32-46(36)54(45)55)39-18-9-10-24-50(39)56-51)34-15-11-16-37(29-34)52-41-19-5-7-21-43(41)53(44-22-8-6-20-42(44)52)40-23-12-14-33-13-3-4-17-38(33)40/h3-10,12-15,17-25,27-32,35H,11,16,26H2,1-2H3. The van der Waals surface area contributed by atoms with Crippen LogP contribution in [0.2, 0.25) is 0 Å². The van der Waals surface area contributed by atoms with Gasteiger partial charge in [0.25, 0.3) is 0 Å². The van der Waals surface area contributed by atoms with Crippen molar-refractivity contribution in [2.45, 2.75) is 38.5 Å². The maximum Gasteiger partial charge on any atom is 0.0361 e. The average molecular weight is 733 g/mol. The Morgan fingerprint density at radius 3 is 2.00 bits per heavy atom. The zero-order valence-corrected chi connectivity index (χ0v) is 32.5. The van der Waals surface area contributed by atoms with Gasteiger partial charge in [-0.1, -0.05) is 159 Å². The van der Waals surface area contributed by atoms with Gasteiger partial charge in [0.05, 0.1) is 0 Å². The Bertz CT molecular complexity index is 3240. The lowest BCUT2D eigenvalue weighted by atomic mass is 9.75. The van der Waals surface area contributed by atoms with Crippen LogP contribution in [0.4, 0.5) is 0 Å². The van der Waals surface area contributed by atoms with Crippen molar-refractivity contribution in [2.75, 3.05) is 0 Å². The highest BCUT2D eigenvalue weighted by Gasteiger charge is 2.41. The molecule has 0 N–H and O–H groups in total. The Morgan fingerprint density at radius 2 is 1.21 bits per heavy atom. The highest BCUT2D eigenvalue weighted by atomic mass is 32.1. The smallest absolute Gasteiger partial charge is 0.0361 e. The van der Waals surface area contributed by atoms with Gasteiger partial charge < -0.3 is 0 Å². The van der Waals surface area contributed by atoms with Crippen LogP contribution < -0.4 is 0 Å². The third kappa shape index (κ3) is 4.58. The molecule has 56 heavy (non-hydrogen) atoms. The van der Waals surface area contributed by atoms with Gasteiger partial charge in [0.1, 0.15) is 0 Å². The molecule has 8 aromatic carbocycles. The summed E-state index contributed by atoms with van der Waals surface area (Å²) in [5.74, 6) is 0.345. The summed E-state index contributed by atoms with van der Waals surface area (Å²) in [6, 6.07) is 52.4. The van der Waals surface area contributed by atoms with Gasteiger partial charge >= 0.3 is 0 Å². The van der Waals surface area contributed by atoms with Crippen LogP contribution in [0.3, 0.4) is 0 Å². The minimum absolute atomic E-state index is 0.0588. The minimum Gasteiger partial charge on any atom is -0.135 e. The van der Waals surface area contributed by atoms with Crippen LogP contribution in [0, 0.1) is 5.92 Å². The van der Waals surface area contributed by atoms with E-state index in [0.717, 1.165) is 19.3 Å². The average Bonchev–Trinajstić information content (AvgIpc) is 3.72. The Kier molecular flexibility index (Phi) is 6.90. The molecule has 1 heteroatoms. The fourth-order valence-electron chi connectivity index (χ4n) is 10.7. The Morgan fingerprint density at radius 1 is 0.536 bits per heavy atom. The van der Waals surface area contributed by atoms with Gasteiger partial charge in [0.15, 0.2) is 0 Å². The zero-order valence-electron chi connectivity index (χ0n) is 31.7. The molecule has 266 valence electrons. The van der Waals surface area contributed by atoms with E-state index in [1.165, 1.54) is 113 Å². The van der Waals surface area contributed by atoms with E-state index in [0.29, 0.717) is 5.92 Å². The largest absolute Gasteiger partial charge is 0.135 e. The number of rotatable bonds is 3. The molecule has 0 fully saturated rings. The summed E-state index contributed by atoms with van der Waals surface area (Å²) < 4.78 is 2.74. The van der Waals surface area contributed by atoms with Crippen LogP contribution in [0.15, 0.2) is 175 Å². The topological polar surface area (TPSA) is 0 Å². The summed E-state index contributed by atoms with van der Waals surface area (Å²) in [5.41, 5.74) is 12.7. The van der Waals surface area contributed by atoms with Crippen molar-refractivity contribution in [3.8, 4) is 11.1 Å². The van der Waals surface area contributed by atoms with Crippen molar-refractivity contribution in [2.24, 2.45) is 5.92 Å². The lowest BCUT2D eigenvalue weighted by Crippen LogP contribution is -2.17. The van der Waals surface area contributed by atoms with E-state index in [-0.39, 0.29) is 5.41 Å². The number of allylic oxidation sites excluding steroid dienone is 8. The van der Waals surface area contributed by atoms with E-state index in [2.05, 4.69) is 178 Å². The molecule has 0 radical (unpaired) electrons. The number of benzene rings is 8. The van der Waals surface area contributed by atoms with E-state index < -0.39 is 0 Å². The molecule has 0 nitrogen and oxygen atoms in total. The molecular weight excluding hydrogens is 693 g/mol. The first kappa shape index (κ1) is 32.2. The predicted octanol–water partition coefficient (Wildman–Crippen LogP) is 15.8. The second kappa shape index (κ2) is 12.0. The molecule has 3 aliphatic rings. The highest BCUT2D eigenvalue weighted by Crippen LogP contribution is 2.56. The van der Waals surface area contributed by atoms with E-state index >= 15 is 0 Å². The Labute approximate surface area is 331 Å². The monoisotopic (exact) mass is 732 g/mol. The molecule has 0 saturated carbocycles. The predicted molar refractivity (Wildman–Crippen MR) is 244 cm³/mol. The maximum absolute atomic E-state index is 2.62. The van der Waals surface area contributed by atoms with Gasteiger partial charge in [0.2, 0.25) is 0 Å². The van der Waals surface area contributed by atoms with Crippen molar-refractivity contribution in [3.05, 3.63) is 192 Å². The van der Waals surface area contributed by atoms with Gasteiger partial charge in [-0.3, -0.25) is 0 Å². The van der Waals surface area contributed by atoms with Crippen LogP contribution in [0.1, 0.15) is 49.8 Å². The molecule has 1 heterocycles. The van der Waals surface area contributed by atoms with E-state index in [1.54, 1.807) is 0 Å². The Balaban J connectivity index is 0.995. The van der Waals surface area contributed by atoms with Crippen LogP contribution in [-0.4, -0.2) is 0 Å². The van der Waals surface area contributed by atoms with E-state index in [4.69, 9.17) is 0 Å². The molecule has 0 saturated heterocycles. The minimum atomic E-state index is -0.0588. The molecule has 0 amide bonds. The molecule has 1 unspecified atom stereocenters. The molecule has 0 aliphatic heterocycles. The van der Waals surface area contributed by atoms with Crippen LogP contribution >= 0.6 is 11.3 Å². The normalized spacial score (nSPS) is 17.6. The van der Waals surface area contributed by atoms with Crippen molar-refractivity contribution in [1.29, 1.82) is 0 Å². The van der Waals surface area contributed by atoms with E-state index in [9.17, 15) is 0 Å². The number of hydrogen-bond donors (Lipinski definition) is 0.